The number of alkyl halides is 2. The molecule has 0 spiro atoms. The monoisotopic (exact) mass is 244 g/mol. The lowest BCUT2D eigenvalue weighted by Crippen LogP contribution is -2.40. The maximum absolute atomic E-state index is 12.1. The third kappa shape index (κ3) is 4.05. The van der Waals surface area contributed by atoms with Crippen molar-refractivity contribution in [3.05, 3.63) is 24.0 Å². The van der Waals surface area contributed by atoms with Crippen LogP contribution in [0, 0.1) is 0 Å². The molecule has 0 saturated heterocycles. The van der Waals surface area contributed by atoms with Crippen LogP contribution in [0.2, 0.25) is 0 Å². The summed E-state index contributed by atoms with van der Waals surface area (Å²) in [5.74, 6) is 0.464. The van der Waals surface area contributed by atoms with Crippen molar-refractivity contribution in [1.82, 2.24) is 14.8 Å². The van der Waals surface area contributed by atoms with Crippen molar-refractivity contribution in [3.63, 3.8) is 0 Å². The van der Waals surface area contributed by atoms with Gasteiger partial charge in [-0.15, -0.1) is 0 Å². The fourth-order valence-corrected chi connectivity index (χ4v) is 1.53. The summed E-state index contributed by atoms with van der Waals surface area (Å²) in [7, 11) is 5.33. The number of halogens is 2. The molecule has 0 aliphatic rings. The van der Waals surface area contributed by atoms with E-state index in [-0.39, 0.29) is 6.54 Å². The Hall–Kier alpha value is -1.59. The number of nitrogens with zero attached hydrogens (tertiary/aromatic N) is 3. The van der Waals surface area contributed by atoms with Crippen LogP contribution in [0.1, 0.15) is 5.69 Å². The molecule has 0 atom stereocenters. The van der Waals surface area contributed by atoms with Crippen molar-refractivity contribution in [1.29, 1.82) is 0 Å². The summed E-state index contributed by atoms with van der Waals surface area (Å²) in [5.41, 5.74) is 1.09. The van der Waals surface area contributed by atoms with E-state index in [1.54, 1.807) is 11.9 Å². The first kappa shape index (κ1) is 13.5. The Bertz CT molecular complexity index is 373. The molecule has 1 heterocycles. The maximum atomic E-state index is 12.1. The predicted molar refractivity (Wildman–Crippen MR) is 64.2 cm³/mol. The molecular weight excluding hydrogens is 226 g/mol. The van der Waals surface area contributed by atoms with Gasteiger partial charge in [-0.05, 0) is 12.1 Å². The second-order valence-electron chi connectivity index (χ2n) is 3.79. The van der Waals surface area contributed by atoms with Crippen molar-refractivity contribution < 1.29 is 8.78 Å². The normalized spacial score (nSPS) is 12.0. The number of rotatable bonds is 4. The molecule has 0 aromatic carbocycles. The highest BCUT2D eigenvalue weighted by molar-refractivity contribution is 5.79. The molecule has 0 bridgehead atoms. The van der Waals surface area contributed by atoms with Crippen molar-refractivity contribution in [2.75, 3.05) is 20.6 Å². The summed E-state index contributed by atoms with van der Waals surface area (Å²) >= 11 is 0. The molecule has 0 aliphatic heterocycles. The minimum atomic E-state index is -2.38. The molecule has 0 unspecified atom stereocenters. The van der Waals surface area contributed by atoms with Crippen LogP contribution in [0.5, 0.6) is 0 Å². The quantitative estimate of drug-likeness (QED) is 0.639. The van der Waals surface area contributed by atoms with Gasteiger partial charge in [-0.25, -0.2) is 8.78 Å². The van der Waals surface area contributed by atoms with Crippen LogP contribution in [0.15, 0.2) is 23.3 Å². The van der Waals surface area contributed by atoms with Gasteiger partial charge in [0.25, 0.3) is 6.43 Å². The van der Waals surface area contributed by atoms with Crippen molar-refractivity contribution >= 4 is 5.96 Å². The molecule has 6 heteroatoms. The van der Waals surface area contributed by atoms with E-state index >= 15 is 0 Å². The molecule has 1 aromatic heterocycles. The van der Waals surface area contributed by atoms with Crippen LogP contribution in [0.25, 0.3) is 0 Å². The highest BCUT2D eigenvalue weighted by Gasteiger charge is 2.10. The average Bonchev–Trinajstić information content (AvgIpc) is 2.65. The van der Waals surface area contributed by atoms with E-state index in [1.807, 2.05) is 37.0 Å². The fourth-order valence-electron chi connectivity index (χ4n) is 1.53. The first-order valence-electron chi connectivity index (χ1n) is 5.34. The number of aryl methyl sites for hydroxylation is 1. The second kappa shape index (κ2) is 6.22. The van der Waals surface area contributed by atoms with Gasteiger partial charge in [-0.1, -0.05) is 0 Å². The van der Waals surface area contributed by atoms with Gasteiger partial charge in [-0.2, -0.15) is 0 Å². The molecule has 0 fully saturated rings. The van der Waals surface area contributed by atoms with Crippen molar-refractivity contribution in [2.45, 2.75) is 13.0 Å². The lowest BCUT2D eigenvalue weighted by molar-refractivity contribution is 0.151. The summed E-state index contributed by atoms with van der Waals surface area (Å²) < 4.78 is 26.2. The van der Waals surface area contributed by atoms with Crippen molar-refractivity contribution in [2.24, 2.45) is 12.0 Å². The molecule has 0 saturated carbocycles. The Labute approximate surface area is 99.9 Å². The van der Waals surface area contributed by atoms with Gasteiger partial charge < -0.3 is 14.8 Å². The summed E-state index contributed by atoms with van der Waals surface area (Å²) in [5, 5.41) is 2.62. The Kier molecular flexibility index (Phi) is 4.93. The molecule has 96 valence electrons. The minimum Gasteiger partial charge on any atom is -0.353 e. The standard InChI is InChI=1S/C11H18F2N4/c1-14-11(15-7-10(12)13)17(3)8-9-5-4-6-16(9)2/h4-6,10H,7-8H2,1-3H3,(H,14,15). The average molecular weight is 244 g/mol. The first-order chi connectivity index (χ1) is 8.04. The van der Waals surface area contributed by atoms with Crippen LogP contribution in [-0.4, -0.2) is 42.5 Å². The maximum Gasteiger partial charge on any atom is 0.255 e. The SMILES string of the molecule is CN=C(NCC(F)F)N(C)Cc1cccn1C. The van der Waals surface area contributed by atoms with E-state index in [0.29, 0.717) is 12.5 Å². The van der Waals surface area contributed by atoms with Crippen LogP contribution in [0.4, 0.5) is 8.78 Å². The van der Waals surface area contributed by atoms with Crippen LogP contribution >= 0.6 is 0 Å². The van der Waals surface area contributed by atoms with Crippen LogP contribution < -0.4 is 5.32 Å². The molecular formula is C11H18F2N4. The molecule has 0 aliphatic carbocycles. The lowest BCUT2D eigenvalue weighted by atomic mass is 10.4. The van der Waals surface area contributed by atoms with Gasteiger partial charge in [0.1, 0.15) is 0 Å². The Morgan fingerprint density at radius 3 is 2.76 bits per heavy atom. The number of aliphatic imine (C=N–C) groups is 1. The Balaban J connectivity index is 2.56. The first-order valence-corrected chi connectivity index (χ1v) is 5.34. The summed E-state index contributed by atoms with van der Waals surface area (Å²) in [6, 6.07) is 3.93. The number of guanidine groups is 1. The van der Waals surface area contributed by atoms with Gasteiger partial charge in [0.15, 0.2) is 5.96 Å². The van der Waals surface area contributed by atoms with Gasteiger partial charge in [0.2, 0.25) is 0 Å². The summed E-state index contributed by atoms with van der Waals surface area (Å²) in [6.45, 7) is 0.233. The van der Waals surface area contributed by atoms with E-state index in [9.17, 15) is 8.78 Å². The lowest BCUT2D eigenvalue weighted by Gasteiger charge is -2.22. The topological polar surface area (TPSA) is 32.6 Å². The van der Waals surface area contributed by atoms with Crippen molar-refractivity contribution in [3.8, 4) is 0 Å². The van der Waals surface area contributed by atoms with E-state index < -0.39 is 6.43 Å². The highest BCUT2D eigenvalue weighted by atomic mass is 19.3. The Morgan fingerprint density at radius 1 is 1.59 bits per heavy atom. The minimum absolute atomic E-state index is 0.385. The Morgan fingerprint density at radius 2 is 2.29 bits per heavy atom. The molecule has 4 nitrogen and oxygen atoms in total. The molecule has 1 rings (SSSR count). The summed E-state index contributed by atoms with van der Waals surface area (Å²) in [4.78, 5) is 5.76. The predicted octanol–water partition coefficient (Wildman–Crippen LogP) is 1.30. The molecule has 0 radical (unpaired) electrons. The zero-order valence-electron chi connectivity index (χ0n) is 10.3. The van der Waals surface area contributed by atoms with Gasteiger partial charge in [-0.3, -0.25) is 4.99 Å². The third-order valence-corrected chi connectivity index (χ3v) is 2.44. The number of nitrogens with one attached hydrogen (secondary N) is 1. The number of hydrogen-bond donors (Lipinski definition) is 1. The van der Waals surface area contributed by atoms with Crippen LogP contribution in [-0.2, 0) is 13.6 Å². The molecule has 1 aromatic rings. The number of aromatic nitrogens is 1. The van der Waals surface area contributed by atoms with E-state index in [0.717, 1.165) is 5.69 Å². The van der Waals surface area contributed by atoms with E-state index in [4.69, 9.17) is 0 Å². The van der Waals surface area contributed by atoms with Gasteiger partial charge in [0, 0.05) is 33.0 Å². The summed E-state index contributed by atoms with van der Waals surface area (Å²) in [6.07, 6.45) is -0.436. The molecule has 0 amide bonds. The van der Waals surface area contributed by atoms with Crippen LogP contribution in [0.3, 0.4) is 0 Å². The smallest absolute Gasteiger partial charge is 0.255 e. The number of hydrogen-bond acceptors (Lipinski definition) is 1. The largest absolute Gasteiger partial charge is 0.353 e. The highest BCUT2D eigenvalue weighted by Crippen LogP contribution is 2.03. The van der Waals surface area contributed by atoms with E-state index in [2.05, 4.69) is 10.3 Å². The zero-order chi connectivity index (χ0) is 12.8. The molecule has 1 N–H and O–H groups in total. The van der Waals surface area contributed by atoms with E-state index in [1.165, 1.54) is 0 Å². The molecule has 17 heavy (non-hydrogen) atoms. The fraction of sp³-hybridized carbons (Fsp3) is 0.545. The zero-order valence-corrected chi connectivity index (χ0v) is 10.3. The van der Waals surface area contributed by atoms with Gasteiger partial charge >= 0.3 is 0 Å². The van der Waals surface area contributed by atoms with Gasteiger partial charge in [0.05, 0.1) is 13.1 Å². The third-order valence-electron chi connectivity index (χ3n) is 2.44. The second-order valence-corrected chi connectivity index (χ2v) is 3.79.